The highest BCUT2D eigenvalue weighted by molar-refractivity contribution is 8.13. The van der Waals surface area contributed by atoms with Crippen LogP contribution in [-0.4, -0.2) is 80.2 Å². The van der Waals surface area contributed by atoms with Crippen LogP contribution >= 0.6 is 11.8 Å². The number of morpholine rings is 1. The summed E-state index contributed by atoms with van der Waals surface area (Å²) < 4.78 is 19.8. The van der Waals surface area contributed by atoms with Crippen LogP contribution in [0.15, 0.2) is 0 Å². The monoisotopic (exact) mass is 392 g/mol. The highest BCUT2D eigenvalue weighted by Crippen LogP contribution is 2.08. The molecule has 1 fully saturated rings. The number of rotatable bonds is 10. The summed E-state index contributed by atoms with van der Waals surface area (Å²) in [5, 5.41) is -0.669. The second-order valence-corrected chi connectivity index (χ2v) is 6.98. The standard InChI is InChI=1S/C16H28N2O7S/c1-12(2)14(19)24-11-25-16(21)26-10-13(17)15(20)23-7-3-4-18-5-8-22-9-6-18/h12-13H,3-11,17H2,1-2H3/t13-/m0/s1. The van der Waals surface area contributed by atoms with E-state index in [1.807, 2.05) is 0 Å². The normalized spacial score (nSPS) is 16.2. The Labute approximate surface area is 157 Å². The Bertz CT molecular complexity index is 456. The first kappa shape index (κ1) is 22.7. The lowest BCUT2D eigenvalue weighted by atomic mass is 10.2. The molecular formula is C16H28N2O7S. The van der Waals surface area contributed by atoms with Gasteiger partial charge in [-0.25, -0.2) is 4.79 Å². The van der Waals surface area contributed by atoms with Gasteiger partial charge in [0.1, 0.15) is 6.04 Å². The van der Waals surface area contributed by atoms with Crippen LogP contribution < -0.4 is 5.73 Å². The Morgan fingerprint density at radius 3 is 2.46 bits per heavy atom. The van der Waals surface area contributed by atoms with Gasteiger partial charge >= 0.3 is 17.2 Å². The van der Waals surface area contributed by atoms with E-state index < -0.39 is 30.1 Å². The molecule has 0 unspecified atom stereocenters. The lowest BCUT2D eigenvalue weighted by molar-refractivity contribution is -0.155. The van der Waals surface area contributed by atoms with Gasteiger partial charge in [-0.3, -0.25) is 14.5 Å². The Hall–Kier alpha value is -1.36. The average Bonchev–Trinajstić information content (AvgIpc) is 2.63. The van der Waals surface area contributed by atoms with Crippen LogP contribution in [0.5, 0.6) is 0 Å². The van der Waals surface area contributed by atoms with Crippen LogP contribution in [0, 0.1) is 5.92 Å². The maximum absolute atomic E-state index is 11.8. The van der Waals surface area contributed by atoms with Crippen molar-refractivity contribution in [2.75, 3.05) is 52.0 Å². The van der Waals surface area contributed by atoms with Gasteiger partial charge in [0.05, 0.1) is 25.7 Å². The Morgan fingerprint density at radius 2 is 1.81 bits per heavy atom. The van der Waals surface area contributed by atoms with E-state index in [4.69, 9.17) is 24.7 Å². The third-order valence-electron chi connectivity index (χ3n) is 3.50. The summed E-state index contributed by atoms with van der Waals surface area (Å²) >= 11 is 0.734. The van der Waals surface area contributed by atoms with Crippen LogP contribution in [0.1, 0.15) is 20.3 Å². The highest BCUT2D eigenvalue weighted by atomic mass is 32.2. The number of nitrogens with two attached hydrogens (primary N) is 1. The predicted molar refractivity (Wildman–Crippen MR) is 95.5 cm³/mol. The molecule has 0 aromatic heterocycles. The molecule has 0 saturated carbocycles. The van der Waals surface area contributed by atoms with Crippen molar-refractivity contribution in [3.8, 4) is 0 Å². The van der Waals surface area contributed by atoms with E-state index in [2.05, 4.69) is 4.90 Å². The van der Waals surface area contributed by atoms with Crippen molar-refractivity contribution < 1.29 is 33.3 Å². The van der Waals surface area contributed by atoms with Crippen LogP contribution in [0.3, 0.4) is 0 Å². The summed E-state index contributed by atoms with van der Waals surface area (Å²) in [4.78, 5) is 36.7. The van der Waals surface area contributed by atoms with E-state index in [1.165, 1.54) is 0 Å². The van der Waals surface area contributed by atoms with Crippen molar-refractivity contribution >= 4 is 29.0 Å². The van der Waals surface area contributed by atoms with Gasteiger partial charge in [0, 0.05) is 25.4 Å². The van der Waals surface area contributed by atoms with Gasteiger partial charge in [-0.15, -0.1) is 0 Å². The van der Waals surface area contributed by atoms with Crippen molar-refractivity contribution in [1.29, 1.82) is 0 Å². The minimum Gasteiger partial charge on any atom is -0.464 e. The van der Waals surface area contributed by atoms with Crippen molar-refractivity contribution in [3.63, 3.8) is 0 Å². The van der Waals surface area contributed by atoms with Crippen LogP contribution in [0.25, 0.3) is 0 Å². The molecule has 1 atom stereocenters. The lowest BCUT2D eigenvalue weighted by Crippen LogP contribution is -2.38. The number of ether oxygens (including phenoxy) is 4. The van der Waals surface area contributed by atoms with Crippen LogP contribution in [0.2, 0.25) is 0 Å². The van der Waals surface area contributed by atoms with Gasteiger partial charge in [-0.05, 0) is 18.2 Å². The van der Waals surface area contributed by atoms with Crippen LogP contribution in [0.4, 0.5) is 4.79 Å². The molecule has 0 aromatic carbocycles. The fraction of sp³-hybridized carbons (Fsp3) is 0.812. The molecule has 26 heavy (non-hydrogen) atoms. The first-order chi connectivity index (χ1) is 12.4. The summed E-state index contributed by atoms with van der Waals surface area (Å²) in [6.07, 6.45) is 0.717. The molecule has 1 rings (SSSR count). The Balaban J connectivity index is 2.06. The first-order valence-electron chi connectivity index (χ1n) is 8.58. The maximum atomic E-state index is 11.8. The molecule has 1 aliphatic rings. The Kier molecular flexibility index (Phi) is 11.3. The molecule has 10 heteroatoms. The molecule has 1 heterocycles. The summed E-state index contributed by atoms with van der Waals surface area (Å²) in [6.45, 7) is 7.24. The summed E-state index contributed by atoms with van der Waals surface area (Å²) in [6, 6.07) is -0.922. The van der Waals surface area contributed by atoms with E-state index in [-0.39, 0.29) is 18.3 Å². The third-order valence-corrected chi connectivity index (χ3v) is 4.38. The minimum absolute atomic E-state index is 0.0270. The number of carbonyl (C=O) groups excluding carboxylic acids is 3. The summed E-state index contributed by atoms with van der Waals surface area (Å²) in [5.41, 5.74) is 5.69. The molecule has 0 aromatic rings. The number of hydrogen-bond donors (Lipinski definition) is 1. The number of esters is 2. The zero-order chi connectivity index (χ0) is 19.4. The SMILES string of the molecule is CC(C)C(=O)OCOC(=O)SC[C@H](N)C(=O)OCCCN1CCOCC1. The highest BCUT2D eigenvalue weighted by Gasteiger charge is 2.18. The van der Waals surface area contributed by atoms with Crippen molar-refractivity contribution in [2.24, 2.45) is 11.7 Å². The Morgan fingerprint density at radius 1 is 1.12 bits per heavy atom. The minimum atomic E-state index is -0.922. The number of carbonyl (C=O) groups is 3. The molecular weight excluding hydrogens is 364 g/mol. The van der Waals surface area contributed by atoms with Crippen LogP contribution in [-0.2, 0) is 28.5 Å². The van der Waals surface area contributed by atoms with Gasteiger partial charge in [-0.1, -0.05) is 13.8 Å². The van der Waals surface area contributed by atoms with Crippen molar-refractivity contribution in [3.05, 3.63) is 0 Å². The number of thioether (sulfide) groups is 1. The summed E-state index contributed by atoms with van der Waals surface area (Å²) in [7, 11) is 0. The molecule has 0 radical (unpaired) electrons. The van der Waals surface area contributed by atoms with E-state index in [0.29, 0.717) is 0 Å². The smallest absolute Gasteiger partial charge is 0.370 e. The predicted octanol–water partition coefficient (Wildman–Crippen LogP) is 0.606. The zero-order valence-electron chi connectivity index (χ0n) is 15.3. The lowest BCUT2D eigenvalue weighted by Gasteiger charge is -2.26. The molecule has 0 bridgehead atoms. The molecule has 1 aliphatic heterocycles. The second-order valence-electron chi connectivity index (χ2n) is 6.02. The van der Waals surface area contributed by atoms with E-state index in [0.717, 1.165) is 51.0 Å². The quantitative estimate of drug-likeness (QED) is 0.322. The van der Waals surface area contributed by atoms with Gasteiger partial charge in [0.2, 0.25) is 6.79 Å². The number of hydrogen-bond acceptors (Lipinski definition) is 10. The van der Waals surface area contributed by atoms with E-state index >= 15 is 0 Å². The van der Waals surface area contributed by atoms with Crippen molar-refractivity contribution in [1.82, 2.24) is 4.90 Å². The second kappa shape index (κ2) is 12.9. The molecule has 0 amide bonds. The van der Waals surface area contributed by atoms with Gasteiger partial charge < -0.3 is 24.7 Å². The topological polar surface area (TPSA) is 117 Å². The first-order valence-corrected chi connectivity index (χ1v) is 9.57. The fourth-order valence-corrected chi connectivity index (χ4v) is 2.55. The average molecular weight is 392 g/mol. The van der Waals surface area contributed by atoms with Gasteiger partial charge in [0.25, 0.3) is 0 Å². The van der Waals surface area contributed by atoms with Gasteiger partial charge in [-0.2, -0.15) is 0 Å². The zero-order valence-corrected chi connectivity index (χ0v) is 16.1. The molecule has 0 aliphatic carbocycles. The molecule has 9 nitrogen and oxygen atoms in total. The van der Waals surface area contributed by atoms with Crippen molar-refractivity contribution in [2.45, 2.75) is 26.3 Å². The molecule has 0 spiro atoms. The summed E-state index contributed by atoms with van der Waals surface area (Å²) in [5.74, 6) is -1.29. The van der Waals surface area contributed by atoms with E-state index in [1.54, 1.807) is 13.8 Å². The van der Waals surface area contributed by atoms with E-state index in [9.17, 15) is 14.4 Å². The maximum Gasteiger partial charge on any atom is 0.370 e. The number of nitrogens with zero attached hydrogens (tertiary/aromatic N) is 1. The third kappa shape index (κ3) is 9.95. The molecule has 1 saturated heterocycles. The fourth-order valence-electron chi connectivity index (χ4n) is 1.96. The molecule has 150 valence electrons. The molecule has 2 N–H and O–H groups in total. The largest absolute Gasteiger partial charge is 0.464 e. The van der Waals surface area contributed by atoms with Gasteiger partial charge in [0.15, 0.2) is 0 Å².